The van der Waals surface area contributed by atoms with Crippen LogP contribution in [0.4, 0.5) is 0 Å². The Bertz CT molecular complexity index is 218. The predicted octanol–water partition coefficient (Wildman–Crippen LogP) is -0.0274. The molecule has 1 fully saturated rings. The van der Waals surface area contributed by atoms with Crippen molar-refractivity contribution in [2.45, 2.75) is 20.3 Å². The maximum Gasteiger partial charge on any atom is 0.319 e. The van der Waals surface area contributed by atoms with E-state index in [1.165, 1.54) is 0 Å². The first kappa shape index (κ1) is 8.04. The van der Waals surface area contributed by atoms with E-state index in [2.05, 4.69) is 0 Å². The van der Waals surface area contributed by atoms with Gasteiger partial charge in [0.05, 0.1) is 0 Å². The summed E-state index contributed by atoms with van der Waals surface area (Å²) < 4.78 is 0. The van der Waals surface area contributed by atoms with E-state index in [1.54, 1.807) is 13.8 Å². The number of hydrogen-bond acceptors (Lipinski definition) is 2. The molecule has 3 N–H and O–H groups in total. The van der Waals surface area contributed by atoms with E-state index >= 15 is 0 Å². The molecule has 0 aliphatic heterocycles. The van der Waals surface area contributed by atoms with Gasteiger partial charge in [0.2, 0.25) is 5.91 Å². The summed E-state index contributed by atoms with van der Waals surface area (Å²) in [6.45, 7) is 3.46. The normalized spacial score (nSPS) is 32.9. The third kappa shape index (κ3) is 0.751. The summed E-state index contributed by atoms with van der Waals surface area (Å²) in [7, 11) is 0. The number of rotatable bonds is 2. The zero-order valence-electron chi connectivity index (χ0n) is 6.55. The lowest BCUT2D eigenvalue weighted by atomic mass is 9.95. The van der Waals surface area contributed by atoms with Crippen LogP contribution in [0, 0.1) is 10.8 Å². The summed E-state index contributed by atoms with van der Waals surface area (Å²) in [5.74, 6) is -1.83. The average molecular weight is 157 g/mol. The van der Waals surface area contributed by atoms with Crippen LogP contribution < -0.4 is 5.73 Å². The van der Waals surface area contributed by atoms with Crippen molar-refractivity contribution in [3.05, 3.63) is 0 Å². The van der Waals surface area contributed by atoms with Gasteiger partial charge in [-0.15, -0.1) is 0 Å². The fourth-order valence-corrected chi connectivity index (χ4v) is 1.51. The third-order valence-corrected chi connectivity index (χ3v) is 2.52. The lowest BCUT2D eigenvalue weighted by Crippen LogP contribution is -2.35. The Morgan fingerprint density at radius 3 is 1.82 bits per heavy atom. The molecule has 4 heteroatoms. The Kier molecular flexibility index (Phi) is 1.28. The number of carbonyl (C=O) groups excluding carboxylic acids is 1. The second kappa shape index (κ2) is 1.75. The van der Waals surface area contributed by atoms with Crippen molar-refractivity contribution in [2.24, 2.45) is 16.6 Å². The molecule has 1 aliphatic carbocycles. The van der Waals surface area contributed by atoms with Crippen LogP contribution in [0.1, 0.15) is 20.3 Å². The fraction of sp³-hybridized carbons (Fsp3) is 0.714. The number of aliphatic carboxylic acids is 1. The monoisotopic (exact) mass is 157 g/mol. The molecule has 1 atom stereocenters. The summed E-state index contributed by atoms with van der Waals surface area (Å²) in [5, 5.41) is 8.71. The van der Waals surface area contributed by atoms with Crippen LogP contribution >= 0.6 is 0 Å². The van der Waals surface area contributed by atoms with Crippen LogP contribution in [0.3, 0.4) is 0 Å². The Morgan fingerprint density at radius 1 is 1.45 bits per heavy atom. The Labute approximate surface area is 64.4 Å². The molecule has 0 aromatic heterocycles. The zero-order valence-corrected chi connectivity index (χ0v) is 6.55. The molecular weight excluding hydrogens is 146 g/mol. The summed E-state index contributed by atoms with van der Waals surface area (Å²) in [5.41, 5.74) is 3.22. The van der Waals surface area contributed by atoms with E-state index in [4.69, 9.17) is 10.8 Å². The number of amides is 1. The van der Waals surface area contributed by atoms with Crippen molar-refractivity contribution in [1.82, 2.24) is 0 Å². The fourth-order valence-electron chi connectivity index (χ4n) is 1.51. The van der Waals surface area contributed by atoms with Crippen molar-refractivity contribution in [1.29, 1.82) is 0 Å². The van der Waals surface area contributed by atoms with Gasteiger partial charge in [0, 0.05) is 0 Å². The van der Waals surface area contributed by atoms with Gasteiger partial charge in [-0.25, -0.2) is 0 Å². The maximum absolute atomic E-state index is 10.8. The van der Waals surface area contributed by atoms with Gasteiger partial charge in [0.25, 0.3) is 0 Å². The molecule has 0 radical (unpaired) electrons. The lowest BCUT2D eigenvalue weighted by molar-refractivity contribution is -0.149. The standard InChI is InChI=1S/C7H11NO3/c1-6(2)3-7(6,4(8)9)5(10)11/h3H2,1-2H3,(H2,8,9)(H,10,11)/t7-/m0/s1. The van der Waals surface area contributed by atoms with Crippen molar-refractivity contribution >= 4 is 11.9 Å². The topological polar surface area (TPSA) is 80.4 Å². The molecule has 0 aromatic rings. The van der Waals surface area contributed by atoms with Gasteiger partial charge in [-0.05, 0) is 11.8 Å². The minimum absolute atomic E-state index is 0.352. The quantitative estimate of drug-likeness (QED) is 0.552. The first-order chi connectivity index (χ1) is 4.84. The highest BCUT2D eigenvalue weighted by atomic mass is 16.4. The minimum atomic E-state index is -1.30. The van der Waals surface area contributed by atoms with E-state index in [0.29, 0.717) is 6.42 Å². The molecule has 1 aliphatic rings. The molecule has 1 rings (SSSR count). The van der Waals surface area contributed by atoms with Gasteiger partial charge in [-0.3, -0.25) is 9.59 Å². The van der Waals surface area contributed by atoms with Gasteiger partial charge < -0.3 is 10.8 Å². The van der Waals surface area contributed by atoms with Crippen LogP contribution in [0.2, 0.25) is 0 Å². The SMILES string of the molecule is CC1(C)C[C@]1(C(N)=O)C(=O)O. The van der Waals surface area contributed by atoms with Crippen molar-refractivity contribution in [3.63, 3.8) is 0 Å². The first-order valence-electron chi connectivity index (χ1n) is 3.38. The summed E-state index contributed by atoms with van der Waals surface area (Å²) in [6.07, 6.45) is 0.352. The summed E-state index contributed by atoms with van der Waals surface area (Å²) >= 11 is 0. The molecule has 0 spiro atoms. The van der Waals surface area contributed by atoms with Gasteiger partial charge in [0.1, 0.15) is 0 Å². The molecule has 0 aromatic carbocycles. The zero-order chi connectivity index (χ0) is 8.86. The van der Waals surface area contributed by atoms with Gasteiger partial charge >= 0.3 is 5.97 Å². The lowest BCUT2D eigenvalue weighted by Gasteiger charge is -2.09. The van der Waals surface area contributed by atoms with Gasteiger partial charge in [-0.2, -0.15) is 0 Å². The molecule has 0 heterocycles. The van der Waals surface area contributed by atoms with Crippen LogP contribution in [0.5, 0.6) is 0 Å². The molecule has 0 bridgehead atoms. The highest BCUT2D eigenvalue weighted by Crippen LogP contribution is 2.63. The van der Waals surface area contributed by atoms with E-state index in [1.807, 2.05) is 0 Å². The summed E-state index contributed by atoms with van der Waals surface area (Å²) in [4.78, 5) is 21.4. The van der Waals surface area contributed by atoms with Crippen LogP contribution in [0.15, 0.2) is 0 Å². The van der Waals surface area contributed by atoms with Crippen molar-refractivity contribution in [3.8, 4) is 0 Å². The molecule has 11 heavy (non-hydrogen) atoms. The molecule has 4 nitrogen and oxygen atoms in total. The second-order valence-corrected chi connectivity index (χ2v) is 3.64. The van der Waals surface area contributed by atoms with Crippen molar-refractivity contribution in [2.75, 3.05) is 0 Å². The highest BCUT2D eigenvalue weighted by molar-refractivity contribution is 6.05. The predicted molar refractivity (Wildman–Crippen MR) is 37.7 cm³/mol. The number of hydrogen-bond donors (Lipinski definition) is 2. The van der Waals surface area contributed by atoms with Crippen LogP contribution in [-0.2, 0) is 9.59 Å². The van der Waals surface area contributed by atoms with Gasteiger partial charge in [-0.1, -0.05) is 13.8 Å². The summed E-state index contributed by atoms with van der Waals surface area (Å²) in [6, 6.07) is 0. The highest BCUT2D eigenvalue weighted by Gasteiger charge is 2.71. The van der Waals surface area contributed by atoms with E-state index in [-0.39, 0.29) is 0 Å². The second-order valence-electron chi connectivity index (χ2n) is 3.64. The van der Waals surface area contributed by atoms with E-state index < -0.39 is 22.7 Å². The van der Waals surface area contributed by atoms with Gasteiger partial charge in [0.15, 0.2) is 5.41 Å². The number of carboxylic acids is 1. The van der Waals surface area contributed by atoms with Crippen LogP contribution in [-0.4, -0.2) is 17.0 Å². The first-order valence-corrected chi connectivity index (χ1v) is 3.38. The minimum Gasteiger partial charge on any atom is -0.480 e. The van der Waals surface area contributed by atoms with Crippen LogP contribution in [0.25, 0.3) is 0 Å². The smallest absolute Gasteiger partial charge is 0.319 e. The average Bonchev–Trinajstić information content (AvgIpc) is 2.35. The molecule has 0 saturated heterocycles. The molecule has 1 saturated carbocycles. The van der Waals surface area contributed by atoms with E-state index in [9.17, 15) is 9.59 Å². The number of carboxylic acid groups (broad SMARTS) is 1. The molecule has 62 valence electrons. The number of nitrogens with two attached hydrogens (primary N) is 1. The molecular formula is C7H11NO3. The Hall–Kier alpha value is -1.06. The Morgan fingerprint density at radius 2 is 1.82 bits per heavy atom. The molecule has 1 amide bonds. The Balaban J connectivity index is 2.98. The number of primary amides is 1. The van der Waals surface area contributed by atoms with Crippen molar-refractivity contribution < 1.29 is 14.7 Å². The largest absolute Gasteiger partial charge is 0.480 e. The molecule has 0 unspecified atom stereocenters. The third-order valence-electron chi connectivity index (χ3n) is 2.52. The van der Waals surface area contributed by atoms with E-state index in [0.717, 1.165) is 0 Å². The number of carbonyl (C=O) groups is 2. The maximum atomic E-state index is 10.8.